The second-order valence-electron chi connectivity index (χ2n) is 3.70. The van der Waals surface area contributed by atoms with Crippen LogP contribution in [-0.4, -0.2) is 9.55 Å². The summed E-state index contributed by atoms with van der Waals surface area (Å²) in [6, 6.07) is 10.1. The molecule has 0 spiro atoms. The monoisotopic (exact) mass is 212 g/mol. The van der Waals surface area contributed by atoms with Crippen molar-refractivity contribution in [3.8, 4) is 5.69 Å². The molecule has 0 aliphatic rings. The number of hydrogen-bond donors (Lipinski definition) is 0. The van der Waals surface area contributed by atoms with Crippen LogP contribution in [0.5, 0.6) is 0 Å². The van der Waals surface area contributed by atoms with E-state index in [1.165, 1.54) is 0 Å². The van der Waals surface area contributed by atoms with Gasteiger partial charge in [0, 0.05) is 24.5 Å². The molecule has 16 heavy (non-hydrogen) atoms. The van der Waals surface area contributed by atoms with Gasteiger partial charge in [-0.15, -0.1) is 0 Å². The minimum Gasteiger partial charge on any atom is -0.441 e. The standard InChI is InChI=1S/C13H12N2O/c1-2-13-14-11-9-10(5-6-12(11)16-13)15-7-3-4-8-15/h3-9H,2H2,1H3. The third kappa shape index (κ3) is 1.41. The summed E-state index contributed by atoms with van der Waals surface area (Å²) in [5, 5.41) is 0. The molecule has 0 fully saturated rings. The Morgan fingerprint density at radius 3 is 2.81 bits per heavy atom. The number of benzene rings is 1. The fraction of sp³-hybridized carbons (Fsp3) is 0.154. The maximum absolute atomic E-state index is 5.57. The zero-order valence-electron chi connectivity index (χ0n) is 9.05. The van der Waals surface area contributed by atoms with E-state index < -0.39 is 0 Å². The number of fused-ring (bicyclic) bond motifs is 1. The molecule has 0 radical (unpaired) electrons. The molecule has 3 heteroatoms. The predicted octanol–water partition coefficient (Wildman–Crippen LogP) is 3.18. The summed E-state index contributed by atoms with van der Waals surface area (Å²) in [4.78, 5) is 4.42. The molecule has 3 rings (SSSR count). The normalized spacial score (nSPS) is 11.1. The van der Waals surface area contributed by atoms with Crippen LogP contribution in [0.25, 0.3) is 16.8 Å². The van der Waals surface area contributed by atoms with Crippen LogP contribution in [0.1, 0.15) is 12.8 Å². The molecule has 0 unspecified atom stereocenters. The Morgan fingerprint density at radius 1 is 1.25 bits per heavy atom. The van der Waals surface area contributed by atoms with Crippen molar-refractivity contribution < 1.29 is 4.42 Å². The summed E-state index contributed by atoms with van der Waals surface area (Å²) in [5.74, 6) is 0.791. The molecule has 0 saturated heterocycles. The summed E-state index contributed by atoms with van der Waals surface area (Å²) >= 11 is 0. The summed E-state index contributed by atoms with van der Waals surface area (Å²) in [7, 11) is 0. The van der Waals surface area contributed by atoms with Gasteiger partial charge in [-0.1, -0.05) is 6.92 Å². The Bertz CT molecular complexity index is 608. The van der Waals surface area contributed by atoms with Crippen LogP contribution >= 0.6 is 0 Å². The fourth-order valence-electron chi connectivity index (χ4n) is 1.78. The van der Waals surface area contributed by atoms with Gasteiger partial charge in [-0.3, -0.25) is 0 Å². The average Bonchev–Trinajstić information content (AvgIpc) is 2.96. The number of rotatable bonds is 2. The molecule has 0 atom stereocenters. The van der Waals surface area contributed by atoms with Crippen LogP contribution < -0.4 is 0 Å². The zero-order chi connectivity index (χ0) is 11.0. The van der Waals surface area contributed by atoms with Crippen LogP contribution in [0, 0.1) is 0 Å². The summed E-state index contributed by atoms with van der Waals surface area (Å²) in [5.41, 5.74) is 2.88. The van der Waals surface area contributed by atoms with E-state index in [4.69, 9.17) is 4.42 Å². The number of nitrogens with zero attached hydrogens (tertiary/aromatic N) is 2. The minimum absolute atomic E-state index is 0.791. The summed E-state index contributed by atoms with van der Waals surface area (Å²) < 4.78 is 7.62. The van der Waals surface area contributed by atoms with Gasteiger partial charge in [0.05, 0.1) is 0 Å². The topological polar surface area (TPSA) is 31.0 Å². The number of aryl methyl sites for hydroxylation is 1. The highest BCUT2D eigenvalue weighted by atomic mass is 16.3. The Kier molecular flexibility index (Phi) is 2.03. The molecule has 0 aliphatic carbocycles. The van der Waals surface area contributed by atoms with E-state index in [2.05, 4.69) is 9.55 Å². The number of aromatic nitrogens is 2. The molecule has 0 saturated carbocycles. The van der Waals surface area contributed by atoms with E-state index in [0.717, 1.165) is 29.1 Å². The smallest absolute Gasteiger partial charge is 0.195 e. The van der Waals surface area contributed by atoms with Crippen molar-refractivity contribution in [3.05, 3.63) is 48.6 Å². The van der Waals surface area contributed by atoms with Gasteiger partial charge in [0.1, 0.15) is 5.52 Å². The molecule has 3 nitrogen and oxygen atoms in total. The molecule has 0 N–H and O–H groups in total. The van der Waals surface area contributed by atoms with Gasteiger partial charge in [-0.25, -0.2) is 4.98 Å². The predicted molar refractivity (Wildman–Crippen MR) is 62.7 cm³/mol. The first-order chi connectivity index (χ1) is 7.86. The van der Waals surface area contributed by atoms with E-state index in [-0.39, 0.29) is 0 Å². The third-order valence-electron chi connectivity index (χ3n) is 2.62. The molecule has 1 aromatic carbocycles. The maximum atomic E-state index is 5.57. The minimum atomic E-state index is 0.791. The molecule has 2 heterocycles. The Hall–Kier alpha value is -2.03. The van der Waals surface area contributed by atoms with Gasteiger partial charge in [-0.2, -0.15) is 0 Å². The van der Waals surface area contributed by atoms with Crippen molar-refractivity contribution in [1.82, 2.24) is 9.55 Å². The van der Waals surface area contributed by atoms with Crippen LogP contribution in [0.2, 0.25) is 0 Å². The molecule has 80 valence electrons. The van der Waals surface area contributed by atoms with Gasteiger partial charge < -0.3 is 8.98 Å². The van der Waals surface area contributed by atoms with Crippen molar-refractivity contribution >= 4 is 11.1 Å². The second-order valence-corrected chi connectivity index (χ2v) is 3.70. The van der Waals surface area contributed by atoms with Gasteiger partial charge in [-0.05, 0) is 30.3 Å². The van der Waals surface area contributed by atoms with Crippen molar-refractivity contribution in [2.75, 3.05) is 0 Å². The quantitative estimate of drug-likeness (QED) is 0.653. The maximum Gasteiger partial charge on any atom is 0.195 e. The Balaban J connectivity index is 2.15. The molecule has 0 bridgehead atoms. The lowest BCUT2D eigenvalue weighted by Gasteiger charge is -2.00. The molecular weight excluding hydrogens is 200 g/mol. The number of oxazole rings is 1. The lowest BCUT2D eigenvalue weighted by molar-refractivity contribution is 0.538. The highest BCUT2D eigenvalue weighted by Crippen LogP contribution is 2.19. The summed E-state index contributed by atoms with van der Waals surface area (Å²) in [6.45, 7) is 2.04. The first-order valence-corrected chi connectivity index (χ1v) is 5.39. The van der Waals surface area contributed by atoms with Gasteiger partial charge in [0.15, 0.2) is 11.5 Å². The van der Waals surface area contributed by atoms with Crippen molar-refractivity contribution in [3.63, 3.8) is 0 Å². The van der Waals surface area contributed by atoms with Crippen molar-refractivity contribution in [2.45, 2.75) is 13.3 Å². The van der Waals surface area contributed by atoms with Crippen LogP contribution in [-0.2, 0) is 6.42 Å². The molecule has 0 amide bonds. The van der Waals surface area contributed by atoms with Gasteiger partial charge in [0.2, 0.25) is 0 Å². The van der Waals surface area contributed by atoms with E-state index >= 15 is 0 Å². The molecule has 0 aliphatic heterocycles. The largest absolute Gasteiger partial charge is 0.441 e. The van der Waals surface area contributed by atoms with E-state index in [0.29, 0.717) is 0 Å². The molecule has 3 aromatic rings. The van der Waals surface area contributed by atoms with Gasteiger partial charge >= 0.3 is 0 Å². The van der Waals surface area contributed by atoms with E-state index in [1.807, 2.05) is 49.6 Å². The lowest BCUT2D eigenvalue weighted by Crippen LogP contribution is -1.88. The van der Waals surface area contributed by atoms with Crippen LogP contribution in [0.15, 0.2) is 47.1 Å². The SMILES string of the molecule is CCc1nc2cc(-n3cccc3)ccc2o1. The first-order valence-electron chi connectivity index (χ1n) is 5.39. The number of hydrogen-bond acceptors (Lipinski definition) is 2. The first kappa shape index (κ1) is 9.21. The highest BCUT2D eigenvalue weighted by molar-refractivity contribution is 5.75. The zero-order valence-corrected chi connectivity index (χ0v) is 9.05. The third-order valence-corrected chi connectivity index (χ3v) is 2.62. The Morgan fingerprint density at radius 2 is 2.06 bits per heavy atom. The van der Waals surface area contributed by atoms with Crippen LogP contribution in [0.3, 0.4) is 0 Å². The summed E-state index contributed by atoms with van der Waals surface area (Å²) in [6.07, 6.45) is 4.86. The average molecular weight is 212 g/mol. The van der Waals surface area contributed by atoms with Crippen molar-refractivity contribution in [1.29, 1.82) is 0 Å². The fourth-order valence-corrected chi connectivity index (χ4v) is 1.78. The highest BCUT2D eigenvalue weighted by Gasteiger charge is 2.05. The molecular formula is C13H12N2O. The van der Waals surface area contributed by atoms with Gasteiger partial charge in [0.25, 0.3) is 0 Å². The van der Waals surface area contributed by atoms with E-state index in [1.54, 1.807) is 0 Å². The lowest BCUT2D eigenvalue weighted by atomic mass is 10.3. The Labute approximate surface area is 93.3 Å². The second kappa shape index (κ2) is 3.52. The van der Waals surface area contributed by atoms with Crippen LogP contribution in [0.4, 0.5) is 0 Å². The molecule has 2 aromatic heterocycles. The van der Waals surface area contributed by atoms with Crippen molar-refractivity contribution in [2.24, 2.45) is 0 Å². The van der Waals surface area contributed by atoms with E-state index in [9.17, 15) is 0 Å².